The summed E-state index contributed by atoms with van der Waals surface area (Å²) in [4.78, 5) is 11.2. The van der Waals surface area contributed by atoms with Gasteiger partial charge in [0, 0.05) is 18.4 Å². The van der Waals surface area contributed by atoms with Gasteiger partial charge in [0.15, 0.2) is 5.78 Å². The molecule has 0 amide bonds. The zero-order chi connectivity index (χ0) is 12.8. The number of ketones is 1. The standard InChI is InChI=1S/C16H15FO/c17-15-10-8-13(9-11-15)4-1-2-5-14-6-3-7-16(18)12-14/h8-12H,2-3,5-7H2. The molecule has 0 atom stereocenters. The van der Waals surface area contributed by atoms with Crippen LogP contribution in [-0.2, 0) is 4.79 Å². The molecule has 1 nitrogen and oxygen atoms in total. The normalized spacial score (nSPS) is 14.7. The average Bonchev–Trinajstić information content (AvgIpc) is 2.37. The molecule has 2 heteroatoms. The summed E-state index contributed by atoms with van der Waals surface area (Å²) >= 11 is 0. The SMILES string of the molecule is O=C1C=C(CCC#Cc2ccc(F)cc2)CCC1. The summed E-state index contributed by atoms with van der Waals surface area (Å²) in [5.41, 5.74) is 2.03. The van der Waals surface area contributed by atoms with Crippen LogP contribution in [0.25, 0.3) is 0 Å². The zero-order valence-corrected chi connectivity index (χ0v) is 10.2. The van der Waals surface area contributed by atoms with E-state index in [-0.39, 0.29) is 11.6 Å². The first-order valence-corrected chi connectivity index (χ1v) is 6.21. The summed E-state index contributed by atoms with van der Waals surface area (Å²) in [6.45, 7) is 0. The summed E-state index contributed by atoms with van der Waals surface area (Å²) in [6, 6.07) is 6.16. The first kappa shape index (κ1) is 12.6. The first-order chi connectivity index (χ1) is 8.74. The third kappa shape index (κ3) is 3.85. The van der Waals surface area contributed by atoms with Gasteiger partial charge in [-0.2, -0.15) is 0 Å². The van der Waals surface area contributed by atoms with Crippen molar-refractivity contribution in [2.24, 2.45) is 0 Å². The van der Waals surface area contributed by atoms with Crippen molar-refractivity contribution in [2.45, 2.75) is 32.1 Å². The van der Waals surface area contributed by atoms with Crippen molar-refractivity contribution in [3.63, 3.8) is 0 Å². The third-order valence-electron chi connectivity index (χ3n) is 2.93. The van der Waals surface area contributed by atoms with Crippen LogP contribution in [0.5, 0.6) is 0 Å². The minimum absolute atomic E-state index is 0.239. The number of allylic oxidation sites excluding steroid dienone is 2. The molecule has 1 aliphatic rings. The van der Waals surface area contributed by atoms with Gasteiger partial charge in [-0.05, 0) is 49.6 Å². The molecular formula is C16H15FO. The molecule has 0 spiro atoms. The molecule has 0 aliphatic heterocycles. The van der Waals surface area contributed by atoms with Crippen LogP contribution >= 0.6 is 0 Å². The lowest BCUT2D eigenvalue weighted by Crippen LogP contribution is -2.02. The minimum Gasteiger partial charge on any atom is -0.295 e. The average molecular weight is 242 g/mol. The number of carbonyl (C=O) groups excluding carboxylic acids is 1. The van der Waals surface area contributed by atoms with E-state index in [1.165, 1.54) is 17.7 Å². The molecule has 0 fully saturated rings. The second kappa shape index (κ2) is 6.16. The van der Waals surface area contributed by atoms with Gasteiger partial charge in [0.2, 0.25) is 0 Å². The van der Waals surface area contributed by atoms with Gasteiger partial charge < -0.3 is 0 Å². The Balaban J connectivity index is 1.85. The van der Waals surface area contributed by atoms with Crippen molar-refractivity contribution < 1.29 is 9.18 Å². The lowest BCUT2D eigenvalue weighted by molar-refractivity contribution is -0.115. The van der Waals surface area contributed by atoms with E-state index in [2.05, 4.69) is 11.8 Å². The van der Waals surface area contributed by atoms with E-state index in [4.69, 9.17) is 0 Å². The highest BCUT2D eigenvalue weighted by Crippen LogP contribution is 2.19. The number of halogens is 1. The Morgan fingerprint density at radius 2 is 1.94 bits per heavy atom. The lowest BCUT2D eigenvalue weighted by atomic mass is 9.95. The van der Waals surface area contributed by atoms with Crippen LogP contribution in [0.3, 0.4) is 0 Å². The smallest absolute Gasteiger partial charge is 0.155 e. The Hall–Kier alpha value is -1.88. The summed E-state index contributed by atoms with van der Waals surface area (Å²) in [5, 5.41) is 0. The molecule has 92 valence electrons. The van der Waals surface area contributed by atoms with Crippen molar-refractivity contribution in [1.29, 1.82) is 0 Å². The van der Waals surface area contributed by atoms with Gasteiger partial charge in [0.25, 0.3) is 0 Å². The maximum atomic E-state index is 12.7. The molecule has 0 unspecified atom stereocenters. The van der Waals surface area contributed by atoms with Crippen LogP contribution in [0.2, 0.25) is 0 Å². The van der Waals surface area contributed by atoms with Crippen molar-refractivity contribution >= 4 is 5.78 Å². The van der Waals surface area contributed by atoms with E-state index in [0.29, 0.717) is 6.42 Å². The molecule has 1 aliphatic carbocycles. The van der Waals surface area contributed by atoms with E-state index < -0.39 is 0 Å². The second-order valence-electron chi connectivity index (χ2n) is 4.43. The topological polar surface area (TPSA) is 17.1 Å². The Morgan fingerprint density at radius 1 is 1.17 bits per heavy atom. The van der Waals surface area contributed by atoms with Gasteiger partial charge in [-0.1, -0.05) is 17.4 Å². The van der Waals surface area contributed by atoms with E-state index in [0.717, 1.165) is 31.2 Å². The van der Waals surface area contributed by atoms with Crippen LogP contribution in [0.1, 0.15) is 37.7 Å². The summed E-state index contributed by atoms with van der Waals surface area (Å²) in [5.74, 6) is 6.05. The molecule has 0 bridgehead atoms. The van der Waals surface area contributed by atoms with Crippen molar-refractivity contribution in [1.82, 2.24) is 0 Å². The van der Waals surface area contributed by atoms with Gasteiger partial charge in [-0.15, -0.1) is 0 Å². The van der Waals surface area contributed by atoms with E-state index in [1.54, 1.807) is 18.2 Å². The highest BCUT2D eigenvalue weighted by molar-refractivity contribution is 5.91. The molecule has 0 aromatic heterocycles. The molecule has 1 aromatic rings. The van der Waals surface area contributed by atoms with Crippen molar-refractivity contribution in [3.05, 3.63) is 47.3 Å². The number of rotatable bonds is 2. The lowest BCUT2D eigenvalue weighted by Gasteiger charge is -2.09. The molecule has 18 heavy (non-hydrogen) atoms. The van der Waals surface area contributed by atoms with Gasteiger partial charge in [-0.25, -0.2) is 4.39 Å². The molecule has 0 saturated carbocycles. The number of hydrogen-bond donors (Lipinski definition) is 0. The molecular weight excluding hydrogens is 227 g/mol. The van der Waals surface area contributed by atoms with E-state index in [9.17, 15) is 9.18 Å². The highest BCUT2D eigenvalue weighted by atomic mass is 19.1. The molecule has 1 aromatic carbocycles. The van der Waals surface area contributed by atoms with Crippen LogP contribution in [0, 0.1) is 17.7 Å². The van der Waals surface area contributed by atoms with E-state index in [1.807, 2.05) is 0 Å². The van der Waals surface area contributed by atoms with E-state index >= 15 is 0 Å². The number of hydrogen-bond acceptors (Lipinski definition) is 1. The predicted molar refractivity (Wildman–Crippen MR) is 69.5 cm³/mol. The fourth-order valence-electron chi connectivity index (χ4n) is 1.98. The Bertz CT molecular complexity index is 514. The van der Waals surface area contributed by atoms with Gasteiger partial charge in [0.05, 0.1) is 0 Å². The number of carbonyl (C=O) groups is 1. The molecule has 0 heterocycles. The summed E-state index contributed by atoms with van der Waals surface area (Å²) < 4.78 is 12.7. The second-order valence-corrected chi connectivity index (χ2v) is 4.43. The van der Waals surface area contributed by atoms with Crippen LogP contribution in [-0.4, -0.2) is 5.78 Å². The van der Waals surface area contributed by atoms with Gasteiger partial charge >= 0.3 is 0 Å². The summed E-state index contributed by atoms with van der Waals surface area (Å²) in [7, 11) is 0. The van der Waals surface area contributed by atoms with Crippen molar-refractivity contribution in [3.8, 4) is 11.8 Å². The fraction of sp³-hybridized carbons (Fsp3) is 0.312. The molecule has 0 radical (unpaired) electrons. The number of benzene rings is 1. The zero-order valence-electron chi connectivity index (χ0n) is 10.2. The van der Waals surface area contributed by atoms with Crippen LogP contribution in [0.15, 0.2) is 35.9 Å². The minimum atomic E-state index is -0.244. The molecule has 0 saturated heterocycles. The van der Waals surface area contributed by atoms with Gasteiger partial charge in [-0.3, -0.25) is 4.79 Å². The Labute approximate surface area is 107 Å². The summed E-state index contributed by atoms with van der Waals surface area (Å²) in [6.07, 6.45) is 6.05. The molecule has 0 N–H and O–H groups in total. The maximum Gasteiger partial charge on any atom is 0.155 e. The van der Waals surface area contributed by atoms with Crippen LogP contribution < -0.4 is 0 Å². The fourth-order valence-corrected chi connectivity index (χ4v) is 1.98. The van der Waals surface area contributed by atoms with Gasteiger partial charge in [0.1, 0.15) is 5.82 Å². The Morgan fingerprint density at radius 3 is 2.67 bits per heavy atom. The highest BCUT2D eigenvalue weighted by Gasteiger charge is 2.08. The molecule has 2 rings (SSSR count). The largest absolute Gasteiger partial charge is 0.295 e. The third-order valence-corrected chi connectivity index (χ3v) is 2.93. The predicted octanol–water partition coefficient (Wildman–Crippen LogP) is 3.64. The Kier molecular flexibility index (Phi) is 4.30. The quantitative estimate of drug-likeness (QED) is 0.724. The monoisotopic (exact) mass is 242 g/mol. The maximum absolute atomic E-state index is 12.7. The first-order valence-electron chi connectivity index (χ1n) is 6.21. The van der Waals surface area contributed by atoms with Crippen LogP contribution in [0.4, 0.5) is 4.39 Å². The van der Waals surface area contributed by atoms with Crippen molar-refractivity contribution in [2.75, 3.05) is 0 Å².